The summed E-state index contributed by atoms with van der Waals surface area (Å²) in [5.41, 5.74) is 4.06. The van der Waals surface area contributed by atoms with Crippen molar-refractivity contribution in [1.82, 2.24) is 5.32 Å². The van der Waals surface area contributed by atoms with Gasteiger partial charge in [0.25, 0.3) is 0 Å². The molecule has 1 heterocycles. The molecule has 1 aromatic rings. The standard InChI is InChI=1S/C21H28N4O2S/c1-14-9-8-12-17(15(14)2)22-19(26)13-18-20(27)23-21(28-18)25-24-16-10-6-4-3-5-7-11-16/h8-9,12,18H,3-7,10-11,13H2,1-2H3,(H,22,26)(H,23,25,27)/t18-/m0/s1. The summed E-state index contributed by atoms with van der Waals surface area (Å²) in [7, 11) is 0. The SMILES string of the molecule is Cc1cccc(NC(=O)C[C@@H]2S/C(=N/N=C3CCCCCCC3)NC2=O)c1C. The number of hydrogen-bond donors (Lipinski definition) is 2. The number of rotatable bonds is 4. The molecule has 0 aromatic heterocycles. The van der Waals surface area contributed by atoms with E-state index < -0.39 is 5.25 Å². The van der Waals surface area contributed by atoms with E-state index >= 15 is 0 Å². The summed E-state index contributed by atoms with van der Waals surface area (Å²) < 4.78 is 0. The van der Waals surface area contributed by atoms with Gasteiger partial charge >= 0.3 is 0 Å². The van der Waals surface area contributed by atoms with E-state index in [0.29, 0.717) is 5.17 Å². The van der Waals surface area contributed by atoms with Gasteiger partial charge in [0.15, 0.2) is 5.17 Å². The van der Waals surface area contributed by atoms with E-state index in [1.165, 1.54) is 31.0 Å². The van der Waals surface area contributed by atoms with Gasteiger partial charge in [-0.15, -0.1) is 5.10 Å². The lowest BCUT2D eigenvalue weighted by atomic mass is 9.99. The van der Waals surface area contributed by atoms with Crippen LogP contribution in [-0.4, -0.2) is 27.9 Å². The third-order valence-electron chi connectivity index (χ3n) is 5.24. The second-order valence-electron chi connectivity index (χ2n) is 7.43. The lowest BCUT2D eigenvalue weighted by Gasteiger charge is -2.11. The van der Waals surface area contributed by atoms with Crippen molar-refractivity contribution in [3.05, 3.63) is 29.3 Å². The summed E-state index contributed by atoms with van der Waals surface area (Å²) in [6, 6.07) is 5.79. The highest BCUT2D eigenvalue weighted by molar-refractivity contribution is 8.15. The van der Waals surface area contributed by atoms with E-state index in [0.717, 1.165) is 48.2 Å². The molecule has 3 rings (SSSR count). The number of hydrogen-bond acceptors (Lipinski definition) is 5. The second kappa shape index (κ2) is 9.87. The van der Waals surface area contributed by atoms with Gasteiger partial charge in [-0.2, -0.15) is 5.10 Å². The Balaban J connectivity index is 1.56. The van der Waals surface area contributed by atoms with E-state index in [1.807, 2.05) is 32.0 Å². The molecule has 0 unspecified atom stereocenters. The molecule has 7 heteroatoms. The lowest BCUT2D eigenvalue weighted by Crippen LogP contribution is -2.28. The molecule has 1 aliphatic carbocycles. The lowest BCUT2D eigenvalue weighted by molar-refractivity contribution is -0.122. The highest BCUT2D eigenvalue weighted by atomic mass is 32.2. The van der Waals surface area contributed by atoms with Gasteiger partial charge in [0.1, 0.15) is 5.25 Å². The maximum atomic E-state index is 12.4. The third kappa shape index (κ3) is 5.67. The minimum atomic E-state index is -0.471. The van der Waals surface area contributed by atoms with Crippen LogP contribution >= 0.6 is 11.8 Å². The summed E-state index contributed by atoms with van der Waals surface area (Å²) in [4.78, 5) is 24.6. The van der Waals surface area contributed by atoms with Gasteiger partial charge in [-0.3, -0.25) is 9.59 Å². The largest absolute Gasteiger partial charge is 0.326 e. The highest BCUT2D eigenvalue weighted by Crippen LogP contribution is 2.24. The normalized spacial score (nSPS) is 21.8. The van der Waals surface area contributed by atoms with E-state index in [2.05, 4.69) is 20.8 Å². The van der Waals surface area contributed by atoms with E-state index in [-0.39, 0.29) is 18.2 Å². The third-order valence-corrected chi connectivity index (χ3v) is 6.31. The van der Waals surface area contributed by atoms with Gasteiger partial charge in [0.2, 0.25) is 11.8 Å². The number of carbonyl (C=O) groups is 2. The monoisotopic (exact) mass is 400 g/mol. The van der Waals surface area contributed by atoms with Gasteiger partial charge in [0, 0.05) is 17.8 Å². The van der Waals surface area contributed by atoms with Gasteiger partial charge in [-0.25, -0.2) is 0 Å². The van der Waals surface area contributed by atoms with Crippen molar-refractivity contribution in [2.75, 3.05) is 5.32 Å². The predicted molar refractivity (Wildman–Crippen MR) is 116 cm³/mol. The zero-order valence-corrected chi connectivity index (χ0v) is 17.4. The fraction of sp³-hybridized carbons (Fsp3) is 0.524. The summed E-state index contributed by atoms with van der Waals surface area (Å²) in [6.07, 6.45) is 8.19. The number of amidine groups is 1. The fourth-order valence-electron chi connectivity index (χ4n) is 3.37. The van der Waals surface area contributed by atoms with E-state index in [9.17, 15) is 9.59 Å². The average Bonchev–Trinajstić information content (AvgIpc) is 2.97. The Morgan fingerprint density at radius 2 is 1.86 bits per heavy atom. The number of aryl methyl sites for hydroxylation is 1. The quantitative estimate of drug-likeness (QED) is 0.738. The van der Waals surface area contributed by atoms with Crippen LogP contribution in [0.3, 0.4) is 0 Å². The molecule has 0 spiro atoms. The Bertz CT molecular complexity index is 794. The molecule has 150 valence electrons. The Morgan fingerprint density at radius 3 is 2.61 bits per heavy atom. The van der Waals surface area contributed by atoms with Crippen molar-refractivity contribution in [1.29, 1.82) is 0 Å². The minimum Gasteiger partial charge on any atom is -0.326 e. The zero-order valence-electron chi connectivity index (χ0n) is 16.6. The van der Waals surface area contributed by atoms with Crippen molar-refractivity contribution in [3.63, 3.8) is 0 Å². The van der Waals surface area contributed by atoms with Crippen LogP contribution in [0.5, 0.6) is 0 Å². The number of amides is 2. The highest BCUT2D eigenvalue weighted by Gasteiger charge is 2.32. The number of carbonyl (C=O) groups excluding carboxylic acids is 2. The molecule has 1 aliphatic heterocycles. The van der Waals surface area contributed by atoms with Crippen LogP contribution in [0.1, 0.15) is 62.5 Å². The Hall–Kier alpha value is -2.15. The number of nitrogens with one attached hydrogen (secondary N) is 2. The first kappa shape index (κ1) is 20.6. The molecule has 2 fully saturated rings. The summed E-state index contributed by atoms with van der Waals surface area (Å²) in [6.45, 7) is 3.98. The van der Waals surface area contributed by atoms with Crippen molar-refractivity contribution in [3.8, 4) is 0 Å². The number of thioether (sulfide) groups is 1. The molecular weight excluding hydrogens is 372 g/mol. The Morgan fingerprint density at radius 1 is 1.14 bits per heavy atom. The first-order chi connectivity index (χ1) is 13.5. The molecule has 1 saturated carbocycles. The van der Waals surface area contributed by atoms with Gasteiger partial charge in [-0.05, 0) is 56.7 Å². The molecule has 2 amide bonds. The smallest absolute Gasteiger partial charge is 0.240 e. The van der Waals surface area contributed by atoms with Crippen LogP contribution < -0.4 is 10.6 Å². The maximum absolute atomic E-state index is 12.4. The van der Waals surface area contributed by atoms with Crippen LogP contribution in [0.25, 0.3) is 0 Å². The van der Waals surface area contributed by atoms with Crippen LogP contribution in [0.15, 0.2) is 28.4 Å². The number of benzene rings is 1. The van der Waals surface area contributed by atoms with Crippen LogP contribution in [-0.2, 0) is 9.59 Å². The van der Waals surface area contributed by atoms with Crippen molar-refractivity contribution >= 4 is 40.1 Å². The first-order valence-electron chi connectivity index (χ1n) is 10.00. The fourth-order valence-corrected chi connectivity index (χ4v) is 4.29. The Labute approximate surface area is 170 Å². The molecule has 1 aromatic carbocycles. The minimum absolute atomic E-state index is 0.111. The molecule has 1 saturated heterocycles. The molecule has 0 bridgehead atoms. The molecule has 28 heavy (non-hydrogen) atoms. The Kier molecular flexibility index (Phi) is 7.25. The topological polar surface area (TPSA) is 82.9 Å². The first-order valence-corrected chi connectivity index (χ1v) is 10.9. The van der Waals surface area contributed by atoms with Gasteiger partial charge in [0.05, 0.1) is 0 Å². The summed E-state index contributed by atoms with van der Waals surface area (Å²) >= 11 is 1.28. The number of anilines is 1. The van der Waals surface area contributed by atoms with E-state index in [1.54, 1.807) is 0 Å². The van der Waals surface area contributed by atoms with Crippen molar-refractivity contribution < 1.29 is 9.59 Å². The molecular formula is C21H28N4O2S. The molecule has 0 radical (unpaired) electrons. The summed E-state index contributed by atoms with van der Waals surface area (Å²) in [5.74, 6) is -0.355. The molecule has 6 nitrogen and oxygen atoms in total. The second-order valence-corrected chi connectivity index (χ2v) is 8.63. The zero-order chi connectivity index (χ0) is 19.9. The van der Waals surface area contributed by atoms with Crippen molar-refractivity contribution in [2.45, 2.75) is 70.5 Å². The van der Waals surface area contributed by atoms with Crippen molar-refractivity contribution in [2.24, 2.45) is 10.2 Å². The van der Waals surface area contributed by atoms with E-state index in [4.69, 9.17) is 0 Å². The van der Waals surface area contributed by atoms with Gasteiger partial charge in [-0.1, -0.05) is 43.2 Å². The van der Waals surface area contributed by atoms with Crippen LogP contribution in [0.2, 0.25) is 0 Å². The van der Waals surface area contributed by atoms with Crippen LogP contribution in [0.4, 0.5) is 5.69 Å². The van der Waals surface area contributed by atoms with Crippen LogP contribution in [0, 0.1) is 13.8 Å². The molecule has 2 N–H and O–H groups in total. The molecule has 2 aliphatic rings. The predicted octanol–water partition coefficient (Wildman–Crippen LogP) is 4.32. The maximum Gasteiger partial charge on any atom is 0.240 e. The number of nitrogens with zero attached hydrogens (tertiary/aromatic N) is 2. The molecule has 1 atom stereocenters. The van der Waals surface area contributed by atoms with Gasteiger partial charge < -0.3 is 10.6 Å². The summed E-state index contributed by atoms with van der Waals surface area (Å²) in [5, 5.41) is 14.3. The average molecular weight is 401 g/mol.